The van der Waals surface area contributed by atoms with Gasteiger partial charge in [-0.1, -0.05) is 0 Å². The highest BCUT2D eigenvalue weighted by atomic mass is 19.4. The fraction of sp³-hybridized carbons (Fsp3) is 0.538. The van der Waals surface area contributed by atoms with E-state index < -0.39 is 28.7 Å². The third-order valence-corrected chi connectivity index (χ3v) is 3.09. The zero-order valence-electron chi connectivity index (χ0n) is 11.2. The van der Waals surface area contributed by atoms with Crippen LogP contribution in [0.25, 0.3) is 0 Å². The Hall–Kier alpha value is -1.79. The normalized spacial score (nSPS) is 12.4. The number of halogens is 3. The summed E-state index contributed by atoms with van der Waals surface area (Å²) in [4.78, 5) is 22.4. The molecule has 0 saturated heterocycles. The minimum atomic E-state index is -4.50. The summed E-state index contributed by atoms with van der Waals surface area (Å²) in [5, 5.41) is 8.93. The molecule has 0 bridgehead atoms. The number of nitrogens with zero attached hydrogens (tertiary/aromatic N) is 1. The molecule has 0 fully saturated rings. The monoisotopic (exact) mass is 291 g/mol. The summed E-state index contributed by atoms with van der Waals surface area (Å²) < 4.78 is 38.5. The van der Waals surface area contributed by atoms with E-state index in [2.05, 4.69) is 0 Å². The van der Waals surface area contributed by atoms with Crippen LogP contribution in [0.15, 0.2) is 23.1 Å². The van der Waals surface area contributed by atoms with Crippen LogP contribution >= 0.6 is 0 Å². The fourth-order valence-electron chi connectivity index (χ4n) is 1.67. The maximum atomic E-state index is 12.5. The smallest absolute Gasteiger partial charge is 0.417 e. The van der Waals surface area contributed by atoms with E-state index in [1.54, 1.807) is 0 Å². The van der Waals surface area contributed by atoms with E-state index >= 15 is 0 Å². The highest BCUT2D eigenvalue weighted by Gasteiger charge is 2.31. The molecule has 0 saturated carbocycles. The minimum absolute atomic E-state index is 0.0550. The molecule has 1 heterocycles. The molecule has 0 aliphatic carbocycles. The lowest BCUT2D eigenvalue weighted by molar-refractivity contribution is -0.147. The molecule has 0 atom stereocenters. The molecule has 1 aromatic heterocycles. The third-order valence-electron chi connectivity index (χ3n) is 3.09. The van der Waals surface area contributed by atoms with E-state index in [9.17, 15) is 22.8 Å². The van der Waals surface area contributed by atoms with E-state index in [0.717, 1.165) is 22.9 Å². The number of carbonyl (C=O) groups is 1. The van der Waals surface area contributed by atoms with E-state index in [-0.39, 0.29) is 13.0 Å². The summed E-state index contributed by atoms with van der Waals surface area (Å²) in [6.07, 6.45) is -3.17. The number of hydrogen-bond acceptors (Lipinski definition) is 2. The van der Waals surface area contributed by atoms with Crippen molar-refractivity contribution in [3.05, 3.63) is 34.2 Å². The number of aryl methyl sites for hydroxylation is 1. The van der Waals surface area contributed by atoms with Gasteiger partial charge in [-0.15, -0.1) is 0 Å². The standard InChI is InChI=1S/C13H16F3NO3/c1-12(2,11(19)20)6-3-7-17-8-9(13(14,15)16)4-5-10(17)18/h4-5,8H,3,6-7H2,1-2H3,(H,19,20). The van der Waals surface area contributed by atoms with Gasteiger partial charge in [0, 0.05) is 18.8 Å². The quantitative estimate of drug-likeness (QED) is 0.907. The number of alkyl halides is 3. The average Bonchev–Trinajstić information content (AvgIpc) is 2.29. The van der Waals surface area contributed by atoms with Gasteiger partial charge in [0.25, 0.3) is 5.56 Å². The second-order valence-electron chi connectivity index (χ2n) is 5.24. The first-order chi connectivity index (χ1) is 9.04. The van der Waals surface area contributed by atoms with E-state index in [4.69, 9.17) is 5.11 Å². The zero-order chi connectivity index (χ0) is 15.6. The lowest BCUT2D eigenvalue weighted by Crippen LogP contribution is -2.26. The molecular weight excluding hydrogens is 275 g/mol. The third kappa shape index (κ3) is 4.11. The molecule has 0 spiro atoms. The molecule has 112 valence electrons. The molecule has 1 rings (SSSR count). The largest absolute Gasteiger partial charge is 0.481 e. The molecule has 0 aliphatic rings. The average molecular weight is 291 g/mol. The van der Waals surface area contributed by atoms with Crippen LogP contribution in [0.3, 0.4) is 0 Å². The Bertz CT molecular complexity index is 547. The number of aromatic nitrogens is 1. The molecule has 4 nitrogen and oxygen atoms in total. The highest BCUT2D eigenvalue weighted by molar-refractivity contribution is 5.73. The Morgan fingerprint density at radius 2 is 1.90 bits per heavy atom. The van der Waals surface area contributed by atoms with Gasteiger partial charge in [-0.05, 0) is 32.8 Å². The fourth-order valence-corrected chi connectivity index (χ4v) is 1.67. The van der Waals surface area contributed by atoms with Crippen molar-refractivity contribution in [2.24, 2.45) is 5.41 Å². The van der Waals surface area contributed by atoms with E-state index in [1.807, 2.05) is 0 Å². The number of hydrogen-bond donors (Lipinski definition) is 1. The first-order valence-corrected chi connectivity index (χ1v) is 6.05. The minimum Gasteiger partial charge on any atom is -0.481 e. The molecule has 7 heteroatoms. The Morgan fingerprint density at radius 3 is 2.40 bits per heavy atom. The van der Waals surface area contributed by atoms with Gasteiger partial charge in [0.15, 0.2) is 0 Å². The van der Waals surface area contributed by atoms with Gasteiger partial charge in [0.1, 0.15) is 0 Å². The maximum Gasteiger partial charge on any atom is 0.417 e. The first kappa shape index (κ1) is 16.3. The molecular formula is C13H16F3NO3. The molecule has 0 amide bonds. The van der Waals surface area contributed by atoms with Crippen molar-refractivity contribution in [2.75, 3.05) is 0 Å². The summed E-state index contributed by atoms with van der Waals surface area (Å²) in [5.74, 6) is -0.978. The van der Waals surface area contributed by atoms with Crippen molar-refractivity contribution >= 4 is 5.97 Å². The van der Waals surface area contributed by atoms with E-state index in [0.29, 0.717) is 6.42 Å². The topological polar surface area (TPSA) is 59.3 Å². The molecule has 0 aliphatic heterocycles. The van der Waals surface area contributed by atoms with Crippen molar-refractivity contribution < 1.29 is 23.1 Å². The number of carboxylic acids is 1. The van der Waals surface area contributed by atoms with Gasteiger partial charge in [0.2, 0.25) is 0 Å². The molecule has 1 aromatic rings. The first-order valence-electron chi connectivity index (χ1n) is 6.05. The van der Waals surface area contributed by atoms with Crippen molar-refractivity contribution in [1.29, 1.82) is 0 Å². The lowest BCUT2D eigenvalue weighted by atomic mass is 9.88. The highest BCUT2D eigenvalue weighted by Crippen LogP contribution is 2.28. The van der Waals surface area contributed by atoms with Crippen LogP contribution in [0.4, 0.5) is 13.2 Å². The number of rotatable bonds is 5. The van der Waals surface area contributed by atoms with Crippen LogP contribution in [0.5, 0.6) is 0 Å². The molecule has 0 unspecified atom stereocenters. The number of carboxylic acid groups (broad SMARTS) is 1. The Kier molecular flexibility index (Phi) is 4.62. The summed E-state index contributed by atoms with van der Waals surface area (Å²) in [6, 6.07) is 1.60. The molecule has 1 N–H and O–H groups in total. The van der Waals surface area contributed by atoms with Gasteiger partial charge < -0.3 is 9.67 Å². The van der Waals surface area contributed by atoms with Crippen LogP contribution in [-0.2, 0) is 17.5 Å². The summed E-state index contributed by atoms with van der Waals surface area (Å²) >= 11 is 0. The van der Waals surface area contributed by atoms with Crippen molar-refractivity contribution in [2.45, 2.75) is 39.4 Å². The molecule has 20 heavy (non-hydrogen) atoms. The summed E-state index contributed by atoms with van der Waals surface area (Å²) in [6.45, 7) is 3.12. The second kappa shape index (κ2) is 5.68. The van der Waals surface area contributed by atoms with Crippen LogP contribution < -0.4 is 5.56 Å². The summed E-state index contributed by atoms with van der Waals surface area (Å²) in [5.41, 5.74) is -2.40. The predicted molar refractivity (Wildman–Crippen MR) is 66.4 cm³/mol. The number of pyridine rings is 1. The van der Waals surface area contributed by atoms with Crippen molar-refractivity contribution in [3.63, 3.8) is 0 Å². The van der Waals surface area contributed by atoms with Crippen molar-refractivity contribution in [1.82, 2.24) is 4.57 Å². The SMILES string of the molecule is CC(C)(CCCn1cc(C(F)(F)F)ccc1=O)C(=O)O. The van der Waals surface area contributed by atoms with Gasteiger partial charge >= 0.3 is 12.1 Å². The van der Waals surface area contributed by atoms with Gasteiger partial charge in [0.05, 0.1) is 11.0 Å². The van der Waals surface area contributed by atoms with Crippen LogP contribution in [0, 0.1) is 5.41 Å². The van der Waals surface area contributed by atoms with Crippen LogP contribution in [-0.4, -0.2) is 15.6 Å². The van der Waals surface area contributed by atoms with Crippen LogP contribution in [0.2, 0.25) is 0 Å². The maximum absolute atomic E-state index is 12.5. The lowest BCUT2D eigenvalue weighted by Gasteiger charge is -2.19. The predicted octanol–water partition coefficient (Wildman–Crippen LogP) is 2.76. The zero-order valence-corrected chi connectivity index (χ0v) is 11.2. The Balaban J connectivity index is 2.79. The van der Waals surface area contributed by atoms with Gasteiger partial charge in [-0.3, -0.25) is 9.59 Å². The molecule has 0 radical (unpaired) electrons. The van der Waals surface area contributed by atoms with Crippen LogP contribution in [0.1, 0.15) is 32.3 Å². The molecule has 0 aromatic carbocycles. The van der Waals surface area contributed by atoms with Crippen molar-refractivity contribution in [3.8, 4) is 0 Å². The Labute approximate surface area is 113 Å². The summed E-state index contributed by atoms with van der Waals surface area (Å²) in [7, 11) is 0. The van der Waals surface area contributed by atoms with E-state index in [1.165, 1.54) is 13.8 Å². The number of aliphatic carboxylic acids is 1. The second-order valence-corrected chi connectivity index (χ2v) is 5.24. The Morgan fingerprint density at radius 1 is 1.30 bits per heavy atom. The van der Waals surface area contributed by atoms with Gasteiger partial charge in [-0.25, -0.2) is 0 Å². The van der Waals surface area contributed by atoms with Gasteiger partial charge in [-0.2, -0.15) is 13.2 Å².